The van der Waals surface area contributed by atoms with Crippen molar-refractivity contribution in [3.05, 3.63) is 161 Å². The third kappa shape index (κ3) is 2.82. The van der Waals surface area contributed by atoms with Gasteiger partial charge in [0.25, 0.3) is 0 Å². The Morgan fingerprint density at radius 1 is 0.533 bits per heavy atom. The molecule has 45 heavy (non-hydrogen) atoms. The summed E-state index contributed by atoms with van der Waals surface area (Å²) in [5.41, 5.74) is 14.0. The number of benzene rings is 6. The second kappa shape index (κ2) is 8.32. The van der Waals surface area contributed by atoms with E-state index in [1.807, 2.05) is 11.3 Å². The zero-order chi connectivity index (χ0) is 29.3. The average Bonchev–Trinajstić information content (AvgIpc) is 3.83. The number of thiophene rings is 1. The summed E-state index contributed by atoms with van der Waals surface area (Å²) in [4.78, 5) is 11.9. The van der Waals surface area contributed by atoms with Crippen LogP contribution in [0.15, 0.2) is 140 Å². The number of fused-ring (bicyclic) bond motifs is 17. The van der Waals surface area contributed by atoms with Gasteiger partial charge in [-0.2, -0.15) is 0 Å². The number of nitrogens with zero attached hydrogens (tertiary/aromatic N) is 3. The van der Waals surface area contributed by atoms with Gasteiger partial charge in [0, 0.05) is 31.5 Å². The highest BCUT2D eigenvalue weighted by Crippen LogP contribution is 2.66. The topological polar surface area (TPSA) is 30.2 Å². The summed E-state index contributed by atoms with van der Waals surface area (Å²) in [5.74, 6) is 0.912. The Balaban J connectivity index is 1.30. The maximum atomic E-state index is 5.34. The molecule has 0 unspecified atom stereocenters. The van der Waals surface area contributed by atoms with Crippen molar-refractivity contribution in [3.63, 3.8) is 0 Å². The molecule has 0 saturated heterocycles. The molecule has 3 aromatic heterocycles. The van der Waals surface area contributed by atoms with E-state index in [0.717, 1.165) is 39.0 Å². The third-order valence-corrected chi connectivity index (χ3v) is 11.3. The van der Waals surface area contributed by atoms with Crippen molar-refractivity contribution in [2.75, 3.05) is 0 Å². The first-order chi connectivity index (χ1) is 22.3. The van der Waals surface area contributed by atoms with Gasteiger partial charge < -0.3 is 0 Å². The lowest BCUT2D eigenvalue weighted by Gasteiger charge is -2.29. The second-order valence-electron chi connectivity index (χ2n) is 12.1. The van der Waals surface area contributed by atoms with Gasteiger partial charge in [-0.3, -0.25) is 4.40 Å². The van der Waals surface area contributed by atoms with E-state index in [0.29, 0.717) is 0 Å². The molecular weight excluding hydrogens is 567 g/mol. The third-order valence-electron chi connectivity index (χ3n) is 9.98. The van der Waals surface area contributed by atoms with Gasteiger partial charge in [0.15, 0.2) is 0 Å². The molecule has 0 amide bonds. The Hall–Kier alpha value is -5.58. The number of hydrogen-bond donors (Lipinski definition) is 0. The van der Waals surface area contributed by atoms with Crippen molar-refractivity contribution in [2.24, 2.45) is 0 Å². The Bertz CT molecular complexity index is 2680. The van der Waals surface area contributed by atoms with Crippen LogP contribution in [0.25, 0.3) is 71.3 Å². The van der Waals surface area contributed by atoms with E-state index in [4.69, 9.17) is 9.97 Å². The van der Waals surface area contributed by atoms with Crippen LogP contribution in [0.1, 0.15) is 21.6 Å². The Labute approximate surface area is 262 Å². The van der Waals surface area contributed by atoms with Crippen LogP contribution < -0.4 is 0 Å². The maximum absolute atomic E-state index is 5.34. The normalized spacial score (nSPS) is 14.0. The molecule has 9 aromatic rings. The fourth-order valence-corrected chi connectivity index (χ4v) is 9.67. The van der Waals surface area contributed by atoms with Crippen molar-refractivity contribution < 1.29 is 0 Å². The molecule has 4 heteroatoms. The number of aromatic nitrogens is 3. The summed E-state index contributed by atoms with van der Waals surface area (Å²) in [6.45, 7) is 0. The minimum atomic E-state index is -0.398. The van der Waals surface area contributed by atoms with Crippen LogP contribution in [0.5, 0.6) is 0 Å². The molecule has 1 spiro atoms. The molecule has 0 saturated carbocycles. The predicted octanol–water partition coefficient (Wildman–Crippen LogP) is 10.3. The predicted molar refractivity (Wildman–Crippen MR) is 185 cm³/mol. The van der Waals surface area contributed by atoms with Gasteiger partial charge in [0.05, 0.1) is 22.0 Å². The molecule has 3 heterocycles. The van der Waals surface area contributed by atoms with Crippen molar-refractivity contribution in [1.29, 1.82) is 0 Å². The highest BCUT2D eigenvalue weighted by molar-refractivity contribution is 7.20. The van der Waals surface area contributed by atoms with Gasteiger partial charge in [0.2, 0.25) is 0 Å². The van der Waals surface area contributed by atoms with E-state index < -0.39 is 5.41 Å². The Morgan fingerprint density at radius 3 is 2.02 bits per heavy atom. The van der Waals surface area contributed by atoms with Crippen LogP contribution in [0.3, 0.4) is 0 Å². The van der Waals surface area contributed by atoms with Crippen LogP contribution in [-0.2, 0) is 5.41 Å². The van der Waals surface area contributed by atoms with E-state index >= 15 is 0 Å². The summed E-state index contributed by atoms with van der Waals surface area (Å²) >= 11 is 1.94. The van der Waals surface area contributed by atoms with Gasteiger partial charge in [-0.05, 0) is 69.8 Å². The lowest BCUT2D eigenvalue weighted by molar-refractivity contribution is 0.811. The maximum Gasteiger partial charge on any atom is 0.149 e. The molecule has 6 aromatic carbocycles. The number of para-hydroxylation sites is 3. The molecule has 0 atom stereocenters. The van der Waals surface area contributed by atoms with Crippen molar-refractivity contribution in [3.8, 4) is 33.6 Å². The molecular formula is C41H23N3S. The van der Waals surface area contributed by atoms with Crippen LogP contribution in [0.2, 0.25) is 0 Å². The molecule has 0 N–H and O–H groups in total. The first kappa shape index (κ1) is 23.8. The number of rotatable bonds is 1. The van der Waals surface area contributed by atoms with Crippen LogP contribution in [-0.4, -0.2) is 14.4 Å². The van der Waals surface area contributed by atoms with Crippen molar-refractivity contribution in [2.45, 2.75) is 5.41 Å². The monoisotopic (exact) mass is 589 g/mol. The lowest BCUT2D eigenvalue weighted by Crippen LogP contribution is -2.25. The quantitative estimate of drug-likeness (QED) is 0.191. The van der Waals surface area contributed by atoms with Gasteiger partial charge in [-0.1, -0.05) is 103 Å². The minimum Gasteiger partial charge on any atom is -0.276 e. The first-order valence-electron chi connectivity index (χ1n) is 15.3. The summed E-state index contributed by atoms with van der Waals surface area (Å²) < 4.78 is 3.59. The Morgan fingerprint density at radius 2 is 1.20 bits per heavy atom. The van der Waals surface area contributed by atoms with Crippen molar-refractivity contribution >= 4 is 49.0 Å². The fraction of sp³-hybridized carbons (Fsp3) is 0.0244. The Kier molecular flexibility index (Phi) is 4.40. The van der Waals surface area contributed by atoms with Gasteiger partial charge in [-0.25, -0.2) is 9.97 Å². The molecule has 0 fully saturated rings. The molecule has 208 valence electrons. The summed E-state index contributed by atoms with van der Waals surface area (Å²) in [7, 11) is 0. The van der Waals surface area contributed by atoms with Crippen molar-refractivity contribution in [1.82, 2.24) is 14.4 Å². The SMILES string of the molecule is c1ccc2c(c1)-c1ccccc1C21c2cc(-c3nc4ccccc4c4nc5ccccc5n34)ccc2-c2c1sc1ccccc21. The average molecular weight is 590 g/mol. The zero-order valence-corrected chi connectivity index (χ0v) is 24.8. The summed E-state index contributed by atoms with van der Waals surface area (Å²) in [6.07, 6.45) is 0. The minimum absolute atomic E-state index is 0.398. The molecule has 2 aliphatic carbocycles. The van der Waals surface area contributed by atoms with Crippen LogP contribution >= 0.6 is 11.3 Å². The lowest BCUT2D eigenvalue weighted by atomic mass is 9.73. The summed E-state index contributed by atoms with van der Waals surface area (Å²) in [5, 5.41) is 2.39. The van der Waals surface area contributed by atoms with Gasteiger partial charge >= 0.3 is 0 Å². The molecule has 11 rings (SSSR count). The van der Waals surface area contributed by atoms with E-state index in [2.05, 4.69) is 144 Å². The second-order valence-corrected chi connectivity index (χ2v) is 13.2. The fourth-order valence-electron chi connectivity index (χ4n) is 8.22. The standard InChI is InChI=1S/C41H23N3S/c1-5-15-30-25(11-1)26-12-2-6-16-31(26)41(30)32-23-24(21-22-27(32)37-29-14-4-10-20-36(29)45-38(37)41)39-42-33-17-7-3-13-28(33)40-43-34-18-8-9-19-35(34)44(39)40/h1-23H. The molecule has 3 nitrogen and oxygen atoms in total. The van der Waals surface area contributed by atoms with E-state index in [1.165, 1.54) is 53.9 Å². The molecule has 0 aliphatic heterocycles. The number of hydrogen-bond acceptors (Lipinski definition) is 3. The molecule has 2 aliphatic rings. The van der Waals surface area contributed by atoms with E-state index in [1.54, 1.807) is 0 Å². The first-order valence-corrected chi connectivity index (χ1v) is 16.2. The molecule has 0 bridgehead atoms. The smallest absolute Gasteiger partial charge is 0.149 e. The summed E-state index contributed by atoms with van der Waals surface area (Å²) in [6, 6.07) is 50.7. The van der Waals surface area contributed by atoms with Gasteiger partial charge in [-0.15, -0.1) is 11.3 Å². The molecule has 0 radical (unpaired) electrons. The van der Waals surface area contributed by atoms with Gasteiger partial charge in [0.1, 0.15) is 11.5 Å². The highest BCUT2D eigenvalue weighted by Gasteiger charge is 2.53. The zero-order valence-electron chi connectivity index (χ0n) is 24.0. The van der Waals surface area contributed by atoms with Crippen LogP contribution in [0, 0.1) is 0 Å². The van der Waals surface area contributed by atoms with Crippen LogP contribution in [0.4, 0.5) is 0 Å². The number of imidazole rings is 1. The van der Waals surface area contributed by atoms with E-state index in [-0.39, 0.29) is 0 Å². The largest absolute Gasteiger partial charge is 0.276 e. The van der Waals surface area contributed by atoms with E-state index in [9.17, 15) is 0 Å². The highest BCUT2D eigenvalue weighted by atomic mass is 32.1.